The zero-order chi connectivity index (χ0) is 11.9. The molecule has 0 heterocycles. The summed E-state index contributed by atoms with van der Waals surface area (Å²) in [5.74, 6) is -0.675. The van der Waals surface area contributed by atoms with Crippen LogP contribution in [-0.4, -0.2) is 24.2 Å². The van der Waals surface area contributed by atoms with E-state index < -0.39 is 5.97 Å². The van der Waals surface area contributed by atoms with Gasteiger partial charge < -0.3 is 5.11 Å². The van der Waals surface area contributed by atoms with E-state index in [4.69, 9.17) is 5.11 Å². The predicted molar refractivity (Wildman–Crippen MR) is 63.7 cm³/mol. The predicted octanol–water partition coefficient (Wildman–Crippen LogP) is 2.16. The van der Waals surface area contributed by atoms with Gasteiger partial charge in [-0.3, -0.25) is 15.6 Å². The molecule has 4 nitrogen and oxygen atoms in total. The van der Waals surface area contributed by atoms with Gasteiger partial charge in [0.1, 0.15) is 0 Å². The highest BCUT2D eigenvalue weighted by Crippen LogP contribution is 2.01. The Balaban J connectivity index is 0. The van der Waals surface area contributed by atoms with Crippen LogP contribution in [0.15, 0.2) is 0 Å². The molecule has 0 spiro atoms. The summed E-state index contributed by atoms with van der Waals surface area (Å²) >= 11 is 0. The molecule has 0 aliphatic carbocycles. The fourth-order valence-electron chi connectivity index (χ4n) is 0.953. The average Bonchev–Trinajstić information content (AvgIpc) is 2.22. The number of carboxylic acid groups (broad SMARTS) is 1. The first-order valence-corrected chi connectivity index (χ1v) is 5.86. The van der Waals surface area contributed by atoms with Gasteiger partial charge in [-0.25, -0.2) is 0 Å². The van der Waals surface area contributed by atoms with Gasteiger partial charge in [0.05, 0.1) is 0 Å². The van der Waals surface area contributed by atoms with Crippen molar-refractivity contribution in [3.63, 3.8) is 0 Å². The number of carbonyl (C=O) groups is 1. The van der Waals surface area contributed by atoms with Crippen molar-refractivity contribution in [2.24, 2.45) is 0 Å². The van der Waals surface area contributed by atoms with Gasteiger partial charge >= 0.3 is 5.97 Å². The van der Waals surface area contributed by atoms with Crippen LogP contribution in [0.5, 0.6) is 0 Å². The Morgan fingerprint density at radius 3 is 1.87 bits per heavy atom. The van der Waals surface area contributed by atoms with E-state index in [1.54, 1.807) is 0 Å². The van der Waals surface area contributed by atoms with E-state index >= 15 is 0 Å². The highest BCUT2D eigenvalue weighted by Gasteiger charge is 1.93. The van der Waals surface area contributed by atoms with Crippen LogP contribution in [-0.2, 0) is 4.79 Å². The summed E-state index contributed by atoms with van der Waals surface area (Å²) in [5, 5.41) is 8.21. The number of unbranched alkanes of at least 4 members (excludes halogenated alkanes) is 3. The van der Waals surface area contributed by atoms with Crippen LogP contribution in [0.2, 0.25) is 0 Å². The van der Waals surface area contributed by atoms with Gasteiger partial charge in [-0.2, -0.15) is 0 Å². The minimum absolute atomic E-state index is 0.333. The first-order chi connectivity index (χ1) is 7.18. The average molecular weight is 218 g/mol. The zero-order valence-electron chi connectivity index (χ0n) is 10.3. The lowest BCUT2D eigenvalue weighted by Gasteiger charge is -1.95. The lowest BCUT2D eigenvalue weighted by Crippen LogP contribution is -2.30. The summed E-state index contributed by atoms with van der Waals surface area (Å²) in [7, 11) is 0. The molecule has 0 bridgehead atoms. The molecule has 0 fully saturated rings. The Labute approximate surface area is 93.4 Å². The molecule has 4 heteroatoms. The second kappa shape index (κ2) is 15.8. The molecule has 0 aromatic heterocycles. The molecule has 3 N–H and O–H groups in total. The molecule has 0 aromatic carbocycles. The number of hydrogen-bond acceptors (Lipinski definition) is 3. The summed E-state index contributed by atoms with van der Waals surface area (Å²) < 4.78 is 0. The van der Waals surface area contributed by atoms with E-state index in [9.17, 15) is 4.79 Å². The minimum Gasteiger partial charge on any atom is -0.481 e. The van der Waals surface area contributed by atoms with Crippen LogP contribution >= 0.6 is 0 Å². The fraction of sp³-hybridized carbons (Fsp3) is 0.909. The molecule has 0 aliphatic heterocycles. The number of carboxylic acids is 1. The van der Waals surface area contributed by atoms with Gasteiger partial charge in [-0.15, -0.1) is 0 Å². The van der Waals surface area contributed by atoms with Crippen LogP contribution in [0.1, 0.15) is 52.9 Å². The first-order valence-electron chi connectivity index (χ1n) is 5.86. The van der Waals surface area contributed by atoms with Gasteiger partial charge in [0.25, 0.3) is 0 Å². The number of hydrazine groups is 1. The number of rotatable bonds is 8. The monoisotopic (exact) mass is 218 g/mol. The summed E-state index contributed by atoms with van der Waals surface area (Å²) in [6, 6.07) is 0. The normalized spacial score (nSPS) is 9.27. The van der Waals surface area contributed by atoms with Crippen LogP contribution in [0.3, 0.4) is 0 Å². The highest BCUT2D eigenvalue weighted by molar-refractivity contribution is 5.66. The molecule has 0 atom stereocenters. The molecular formula is C11H26N2O2. The standard InChI is InChI=1S/C7H14O2.C4H12N2/c1-2-3-4-5-6-7(8)9;1-3-5-6-4-2/h2-6H2,1H3,(H,8,9);5-6H,3-4H2,1-2H3. The lowest BCUT2D eigenvalue weighted by molar-refractivity contribution is -0.137. The third-order valence-electron chi connectivity index (χ3n) is 1.72. The van der Waals surface area contributed by atoms with Crippen LogP contribution in [0, 0.1) is 0 Å². The van der Waals surface area contributed by atoms with Crippen molar-refractivity contribution in [2.75, 3.05) is 13.1 Å². The van der Waals surface area contributed by atoms with Crippen LogP contribution in [0.25, 0.3) is 0 Å². The van der Waals surface area contributed by atoms with Gasteiger partial charge in [0.2, 0.25) is 0 Å². The third kappa shape index (κ3) is 24.7. The molecule has 0 amide bonds. The van der Waals surface area contributed by atoms with Crippen molar-refractivity contribution < 1.29 is 9.90 Å². The van der Waals surface area contributed by atoms with Crippen molar-refractivity contribution in [1.29, 1.82) is 0 Å². The largest absolute Gasteiger partial charge is 0.481 e. The van der Waals surface area contributed by atoms with Gasteiger partial charge in [-0.05, 0) is 6.42 Å². The first kappa shape index (κ1) is 16.8. The Kier molecular flexibility index (Phi) is 17.8. The number of nitrogens with one attached hydrogen (secondary N) is 2. The molecule has 0 unspecified atom stereocenters. The molecule has 0 saturated carbocycles. The maximum absolute atomic E-state index is 9.96. The van der Waals surface area contributed by atoms with Crippen molar-refractivity contribution in [2.45, 2.75) is 52.9 Å². The molecule has 0 saturated heterocycles. The topological polar surface area (TPSA) is 61.4 Å². The summed E-state index contributed by atoms with van der Waals surface area (Å²) in [4.78, 5) is 9.96. The second-order valence-electron chi connectivity index (χ2n) is 3.27. The summed E-state index contributed by atoms with van der Waals surface area (Å²) in [6.45, 7) is 8.22. The third-order valence-corrected chi connectivity index (χ3v) is 1.72. The van der Waals surface area contributed by atoms with E-state index in [0.717, 1.165) is 32.4 Å². The fourth-order valence-corrected chi connectivity index (χ4v) is 0.953. The molecule has 0 aliphatic rings. The van der Waals surface area contributed by atoms with E-state index in [-0.39, 0.29) is 0 Å². The quantitative estimate of drug-likeness (QED) is 0.431. The van der Waals surface area contributed by atoms with Crippen molar-refractivity contribution in [3.05, 3.63) is 0 Å². The van der Waals surface area contributed by atoms with Gasteiger partial charge in [0, 0.05) is 19.5 Å². The van der Waals surface area contributed by atoms with E-state index in [1.807, 2.05) is 0 Å². The Morgan fingerprint density at radius 1 is 1.00 bits per heavy atom. The van der Waals surface area contributed by atoms with Crippen molar-refractivity contribution >= 4 is 5.97 Å². The van der Waals surface area contributed by atoms with Crippen LogP contribution in [0.4, 0.5) is 0 Å². The lowest BCUT2D eigenvalue weighted by atomic mass is 10.2. The number of hydrogen-bond donors (Lipinski definition) is 3. The molecule has 0 radical (unpaired) electrons. The Bertz CT molecular complexity index is 126. The summed E-state index contributed by atoms with van der Waals surface area (Å²) in [6.07, 6.45) is 4.55. The summed E-state index contributed by atoms with van der Waals surface area (Å²) in [5.41, 5.74) is 5.90. The maximum atomic E-state index is 9.96. The van der Waals surface area contributed by atoms with Gasteiger partial charge in [0.15, 0.2) is 0 Å². The number of aliphatic carboxylic acids is 1. The zero-order valence-corrected chi connectivity index (χ0v) is 10.3. The molecular weight excluding hydrogens is 192 g/mol. The van der Waals surface area contributed by atoms with E-state index in [2.05, 4.69) is 31.6 Å². The highest BCUT2D eigenvalue weighted by atomic mass is 16.4. The van der Waals surface area contributed by atoms with Crippen molar-refractivity contribution in [1.82, 2.24) is 10.9 Å². The van der Waals surface area contributed by atoms with E-state index in [0.29, 0.717) is 6.42 Å². The van der Waals surface area contributed by atoms with Crippen LogP contribution < -0.4 is 10.9 Å². The minimum atomic E-state index is -0.675. The van der Waals surface area contributed by atoms with E-state index in [1.165, 1.54) is 6.42 Å². The van der Waals surface area contributed by atoms with Crippen molar-refractivity contribution in [3.8, 4) is 0 Å². The molecule has 92 valence electrons. The SMILES string of the molecule is CCCCCCC(=O)O.CCNNCC. The Morgan fingerprint density at radius 2 is 1.53 bits per heavy atom. The smallest absolute Gasteiger partial charge is 0.303 e. The van der Waals surface area contributed by atoms with Gasteiger partial charge in [-0.1, -0.05) is 40.0 Å². The molecule has 0 aromatic rings. The molecule has 15 heavy (non-hydrogen) atoms. The maximum Gasteiger partial charge on any atom is 0.303 e. The second-order valence-corrected chi connectivity index (χ2v) is 3.27. The Hall–Kier alpha value is -0.610. The molecule has 0 rings (SSSR count).